The van der Waals surface area contributed by atoms with Crippen LogP contribution in [0.2, 0.25) is 0 Å². The number of nitrogens with one attached hydrogen (secondary N) is 1. The summed E-state index contributed by atoms with van der Waals surface area (Å²) in [5, 5.41) is 13.4. The molecule has 116 valence electrons. The van der Waals surface area contributed by atoms with Gasteiger partial charge < -0.3 is 20.2 Å². The van der Waals surface area contributed by atoms with E-state index in [1.165, 1.54) is 51.7 Å². The molecule has 2 aliphatic heterocycles. The average Bonchev–Trinajstić information content (AvgIpc) is 3.22. The smallest absolute Gasteiger partial charge is 0.0623 e. The summed E-state index contributed by atoms with van der Waals surface area (Å²) in [7, 11) is 2.29. The van der Waals surface area contributed by atoms with Gasteiger partial charge in [-0.2, -0.15) is 0 Å². The van der Waals surface area contributed by atoms with Crippen LogP contribution in [0.4, 0.5) is 0 Å². The molecule has 0 radical (unpaired) electrons. The topological polar surface area (TPSA) is 38.7 Å². The molecule has 3 rings (SSSR count). The highest BCUT2D eigenvalue weighted by molar-refractivity contribution is 4.97. The van der Waals surface area contributed by atoms with E-state index in [0.29, 0.717) is 6.04 Å². The normalized spacial score (nSPS) is 35.5. The number of hydrogen-bond acceptors (Lipinski definition) is 4. The summed E-state index contributed by atoms with van der Waals surface area (Å²) in [6.45, 7) is 7.11. The zero-order valence-electron chi connectivity index (χ0n) is 13.1. The van der Waals surface area contributed by atoms with Crippen molar-refractivity contribution in [3.63, 3.8) is 0 Å². The van der Waals surface area contributed by atoms with Crippen LogP contribution in [0.1, 0.15) is 39.0 Å². The van der Waals surface area contributed by atoms with Crippen LogP contribution in [0.25, 0.3) is 0 Å². The number of aliphatic hydroxyl groups excluding tert-OH is 1. The maximum atomic E-state index is 9.77. The minimum absolute atomic E-state index is 0.116. The third-order valence-electron chi connectivity index (χ3n) is 5.48. The Bertz CT molecular complexity index is 334. The van der Waals surface area contributed by atoms with Crippen molar-refractivity contribution in [3.05, 3.63) is 0 Å². The Hall–Kier alpha value is -0.160. The van der Waals surface area contributed by atoms with Crippen molar-refractivity contribution in [2.45, 2.75) is 56.7 Å². The van der Waals surface area contributed by atoms with Crippen LogP contribution in [-0.2, 0) is 0 Å². The number of likely N-dealkylation sites (tertiary alicyclic amines) is 2. The van der Waals surface area contributed by atoms with Crippen LogP contribution in [0, 0.1) is 5.92 Å². The quantitative estimate of drug-likeness (QED) is 0.785. The van der Waals surface area contributed by atoms with Gasteiger partial charge in [-0.05, 0) is 65.1 Å². The number of piperidine rings is 2. The second-order valence-corrected chi connectivity index (χ2v) is 7.61. The molecule has 0 amide bonds. The van der Waals surface area contributed by atoms with Crippen molar-refractivity contribution in [1.82, 2.24) is 15.1 Å². The van der Waals surface area contributed by atoms with Gasteiger partial charge >= 0.3 is 0 Å². The summed E-state index contributed by atoms with van der Waals surface area (Å²) in [6.07, 6.45) is 6.60. The summed E-state index contributed by atoms with van der Waals surface area (Å²) < 4.78 is 0. The number of nitrogens with zero attached hydrogens (tertiary/aromatic N) is 2. The number of fused-ring (bicyclic) bond motifs is 1. The van der Waals surface area contributed by atoms with Gasteiger partial charge in [-0.1, -0.05) is 0 Å². The largest absolute Gasteiger partial charge is 0.394 e. The van der Waals surface area contributed by atoms with Crippen molar-refractivity contribution in [2.75, 3.05) is 39.8 Å². The van der Waals surface area contributed by atoms with Gasteiger partial charge in [0.2, 0.25) is 0 Å². The van der Waals surface area contributed by atoms with Crippen LogP contribution in [0.3, 0.4) is 0 Å². The Labute approximate surface area is 123 Å². The molecule has 2 saturated heterocycles. The third kappa shape index (κ3) is 3.35. The number of rotatable bonds is 5. The zero-order chi connectivity index (χ0) is 14.2. The van der Waals surface area contributed by atoms with Gasteiger partial charge in [0.05, 0.1) is 12.1 Å². The summed E-state index contributed by atoms with van der Waals surface area (Å²) >= 11 is 0. The van der Waals surface area contributed by atoms with Crippen LogP contribution in [0.15, 0.2) is 0 Å². The van der Waals surface area contributed by atoms with Crippen LogP contribution in [0.5, 0.6) is 0 Å². The van der Waals surface area contributed by atoms with Gasteiger partial charge in [0.1, 0.15) is 0 Å². The summed E-state index contributed by atoms with van der Waals surface area (Å²) in [6, 6.07) is 1.46. The molecule has 3 unspecified atom stereocenters. The lowest BCUT2D eigenvalue weighted by Gasteiger charge is -2.47. The van der Waals surface area contributed by atoms with E-state index in [1.807, 2.05) is 0 Å². The molecule has 3 atom stereocenters. The molecular formula is C16H31N3O. The van der Waals surface area contributed by atoms with Crippen LogP contribution < -0.4 is 5.32 Å². The van der Waals surface area contributed by atoms with E-state index in [9.17, 15) is 5.11 Å². The molecule has 3 fully saturated rings. The van der Waals surface area contributed by atoms with Gasteiger partial charge in [-0.25, -0.2) is 0 Å². The van der Waals surface area contributed by atoms with Gasteiger partial charge in [0.25, 0.3) is 0 Å². The molecule has 4 nitrogen and oxygen atoms in total. The molecule has 1 saturated carbocycles. The fourth-order valence-corrected chi connectivity index (χ4v) is 4.23. The highest BCUT2D eigenvalue weighted by Gasteiger charge is 2.38. The molecule has 2 N–H and O–H groups in total. The lowest BCUT2D eigenvalue weighted by molar-refractivity contribution is 0.0200. The first kappa shape index (κ1) is 14.8. The monoisotopic (exact) mass is 281 g/mol. The van der Waals surface area contributed by atoms with Crippen molar-refractivity contribution in [3.8, 4) is 0 Å². The first-order valence-corrected chi connectivity index (χ1v) is 8.41. The SMILES string of the molecule is CN1CCCC2CN(CC(C)(CO)NC3CC3)CCC21. The molecule has 0 bridgehead atoms. The second kappa shape index (κ2) is 5.91. The van der Waals surface area contributed by atoms with E-state index >= 15 is 0 Å². The Morgan fingerprint density at radius 3 is 2.70 bits per heavy atom. The van der Waals surface area contributed by atoms with Gasteiger partial charge in [0.15, 0.2) is 0 Å². The van der Waals surface area contributed by atoms with Crippen LogP contribution in [-0.4, -0.2) is 72.4 Å². The summed E-state index contributed by atoms with van der Waals surface area (Å²) in [5.41, 5.74) is -0.116. The summed E-state index contributed by atoms with van der Waals surface area (Å²) in [5.74, 6) is 0.839. The fraction of sp³-hybridized carbons (Fsp3) is 1.00. The first-order chi connectivity index (χ1) is 9.59. The van der Waals surface area contributed by atoms with Gasteiger partial charge in [-0.3, -0.25) is 0 Å². The van der Waals surface area contributed by atoms with E-state index in [0.717, 1.165) is 18.5 Å². The van der Waals surface area contributed by atoms with Gasteiger partial charge in [0, 0.05) is 25.2 Å². The molecule has 0 aromatic heterocycles. The van der Waals surface area contributed by atoms with Gasteiger partial charge in [-0.15, -0.1) is 0 Å². The Morgan fingerprint density at radius 1 is 1.20 bits per heavy atom. The lowest BCUT2D eigenvalue weighted by atomic mass is 9.83. The maximum absolute atomic E-state index is 9.77. The zero-order valence-corrected chi connectivity index (χ0v) is 13.1. The van der Waals surface area contributed by atoms with Crippen molar-refractivity contribution >= 4 is 0 Å². The molecule has 0 aromatic carbocycles. The van der Waals surface area contributed by atoms with Crippen LogP contribution >= 0.6 is 0 Å². The van der Waals surface area contributed by atoms with E-state index in [2.05, 4.69) is 29.1 Å². The predicted octanol–water partition coefficient (Wildman–Crippen LogP) is 0.906. The molecular weight excluding hydrogens is 250 g/mol. The average molecular weight is 281 g/mol. The third-order valence-corrected chi connectivity index (χ3v) is 5.48. The van der Waals surface area contributed by atoms with Crippen molar-refractivity contribution < 1.29 is 5.11 Å². The molecule has 4 heteroatoms. The Kier molecular flexibility index (Phi) is 4.37. The standard InChI is InChI=1S/C16H31N3O/c1-16(12-20,17-14-5-6-14)11-19-9-7-15-13(10-19)4-3-8-18(15)2/h13-15,17,20H,3-12H2,1-2H3. The van der Waals surface area contributed by atoms with E-state index in [-0.39, 0.29) is 12.1 Å². The van der Waals surface area contributed by atoms with Crippen molar-refractivity contribution in [1.29, 1.82) is 0 Å². The number of aliphatic hydroxyl groups is 1. The first-order valence-electron chi connectivity index (χ1n) is 8.41. The Morgan fingerprint density at radius 2 is 2.00 bits per heavy atom. The molecule has 20 heavy (non-hydrogen) atoms. The lowest BCUT2D eigenvalue weighted by Crippen LogP contribution is -2.59. The maximum Gasteiger partial charge on any atom is 0.0623 e. The summed E-state index contributed by atoms with van der Waals surface area (Å²) in [4.78, 5) is 5.16. The second-order valence-electron chi connectivity index (χ2n) is 7.61. The van der Waals surface area contributed by atoms with E-state index in [1.54, 1.807) is 0 Å². The molecule has 2 heterocycles. The number of hydrogen-bond donors (Lipinski definition) is 2. The predicted molar refractivity (Wildman–Crippen MR) is 81.8 cm³/mol. The highest BCUT2D eigenvalue weighted by atomic mass is 16.3. The molecule has 0 aromatic rings. The Balaban J connectivity index is 1.55. The van der Waals surface area contributed by atoms with Crippen molar-refractivity contribution in [2.24, 2.45) is 5.92 Å². The van der Waals surface area contributed by atoms with E-state index < -0.39 is 0 Å². The molecule has 1 aliphatic carbocycles. The highest BCUT2D eigenvalue weighted by Crippen LogP contribution is 2.30. The van der Waals surface area contributed by atoms with E-state index in [4.69, 9.17) is 0 Å². The fourth-order valence-electron chi connectivity index (χ4n) is 4.23. The molecule has 0 spiro atoms. The minimum Gasteiger partial charge on any atom is -0.394 e. The minimum atomic E-state index is -0.116. The molecule has 3 aliphatic rings.